The Morgan fingerprint density at radius 3 is 2.51 bits per heavy atom. The van der Waals surface area contributed by atoms with Crippen molar-refractivity contribution in [2.24, 2.45) is 13.0 Å². The van der Waals surface area contributed by atoms with Gasteiger partial charge in [-0.1, -0.05) is 32.0 Å². The van der Waals surface area contributed by atoms with E-state index in [1.165, 1.54) is 14.0 Å². The van der Waals surface area contributed by atoms with E-state index in [1.807, 2.05) is 38.1 Å². The molecule has 3 rings (SSSR count). The topological polar surface area (TPSA) is 158 Å². The maximum atomic E-state index is 12.9. The number of Topliss-reactive ketones (excluding diaryl/α,β-unsaturated/α-hetero) is 1. The van der Waals surface area contributed by atoms with Crippen LogP contribution in [0.2, 0.25) is 0 Å². The molecule has 0 aliphatic heterocycles. The summed E-state index contributed by atoms with van der Waals surface area (Å²) >= 11 is 0. The highest BCUT2D eigenvalue weighted by Gasteiger charge is 2.26. The zero-order valence-electron chi connectivity index (χ0n) is 20.1. The Bertz CT molecular complexity index is 1400. The van der Waals surface area contributed by atoms with Crippen LogP contribution in [0.1, 0.15) is 36.7 Å². The number of esters is 1. The fourth-order valence-corrected chi connectivity index (χ4v) is 3.86. The number of fused-ring (bicyclic) bond motifs is 1. The maximum absolute atomic E-state index is 12.9. The Kier molecular flexibility index (Phi) is 7.58. The third-order valence-corrected chi connectivity index (χ3v) is 5.52. The van der Waals surface area contributed by atoms with Crippen LogP contribution in [-0.4, -0.2) is 44.4 Å². The number of carbonyl (C=O) groups excluding carboxylic acids is 3. The van der Waals surface area contributed by atoms with Gasteiger partial charge in [-0.25, -0.2) is 9.59 Å². The van der Waals surface area contributed by atoms with Crippen LogP contribution in [0.15, 0.2) is 40.1 Å². The van der Waals surface area contributed by atoms with E-state index < -0.39 is 47.1 Å². The smallest absolute Gasteiger partial charge is 0.332 e. The lowest BCUT2D eigenvalue weighted by atomic mass is 10.0. The summed E-state index contributed by atoms with van der Waals surface area (Å²) in [5.41, 5.74) is 5.72. The lowest BCUT2D eigenvalue weighted by Gasteiger charge is -2.18. The molecule has 11 heteroatoms. The molecule has 4 N–H and O–H groups in total. The second-order valence-electron chi connectivity index (χ2n) is 8.76. The SMILES string of the molecule is CC(=O)N[C@@H](Cc1c[nH]c2ccccc12)C(=O)OCC(=O)c1c(N)n(CC(C)C)c(=O)n(C)c1=O. The van der Waals surface area contributed by atoms with E-state index in [0.29, 0.717) is 0 Å². The number of H-pyrrole nitrogens is 1. The first-order valence-corrected chi connectivity index (χ1v) is 11.1. The predicted molar refractivity (Wildman–Crippen MR) is 130 cm³/mol. The lowest BCUT2D eigenvalue weighted by Crippen LogP contribution is -2.45. The second kappa shape index (κ2) is 10.4. The Hall–Kier alpha value is -4.15. The summed E-state index contributed by atoms with van der Waals surface area (Å²) in [5.74, 6) is -2.38. The number of hydrogen-bond acceptors (Lipinski definition) is 7. The molecule has 0 aliphatic rings. The molecule has 0 bridgehead atoms. The predicted octanol–water partition coefficient (Wildman–Crippen LogP) is 0.740. The van der Waals surface area contributed by atoms with Gasteiger partial charge in [0.1, 0.15) is 17.4 Å². The molecular weight excluding hydrogens is 454 g/mol. The molecule has 3 aromatic rings. The van der Waals surface area contributed by atoms with E-state index in [4.69, 9.17) is 10.5 Å². The Balaban J connectivity index is 1.82. The van der Waals surface area contributed by atoms with Gasteiger partial charge in [0, 0.05) is 44.0 Å². The molecule has 1 atom stereocenters. The molecule has 35 heavy (non-hydrogen) atoms. The molecule has 0 aliphatic carbocycles. The Morgan fingerprint density at radius 2 is 1.86 bits per heavy atom. The standard InChI is InChI=1S/C24H29N5O6/c1-13(2)11-29-21(25)20(22(32)28(4)24(29)34)19(31)12-35-23(33)18(27-14(3)30)9-15-10-26-17-8-6-5-7-16(15)17/h5-8,10,13,18,26H,9,11-12,25H2,1-4H3,(H,27,30)/t18-/m0/s1. The number of amides is 1. The van der Waals surface area contributed by atoms with E-state index in [-0.39, 0.29) is 24.7 Å². The van der Waals surface area contributed by atoms with Crippen molar-refractivity contribution < 1.29 is 19.1 Å². The fourth-order valence-electron chi connectivity index (χ4n) is 3.86. The van der Waals surface area contributed by atoms with Crippen LogP contribution in [-0.2, 0) is 34.3 Å². The largest absolute Gasteiger partial charge is 0.456 e. The molecule has 1 amide bonds. The minimum absolute atomic E-state index is 0.0243. The van der Waals surface area contributed by atoms with E-state index >= 15 is 0 Å². The Morgan fingerprint density at radius 1 is 1.17 bits per heavy atom. The third kappa shape index (κ3) is 5.51. The molecule has 0 fully saturated rings. The molecule has 186 valence electrons. The second-order valence-corrected chi connectivity index (χ2v) is 8.76. The molecular formula is C24H29N5O6. The molecule has 0 saturated heterocycles. The lowest BCUT2D eigenvalue weighted by molar-refractivity contribution is -0.146. The number of ether oxygens (including phenoxy) is 1. The van der Waals surface area contributed by atoms with Crippen LogP contribution in [0.5, 0.6) is 0 Å². The van der Waals surface area contributed by atoms with Crippen molar-refractivity contribution >= 4 is 34.4 Å². The summed E-state index contributed by atoms with van der Waals surface area (Å²) in [6.45, 7) is 4.41. The van der Waals surface area contributed by atoms with Gasteiger partial charge in [0.15, 0.2) is 6.61 Å². The minimum Gasteiger partial charge on any atom is -0.456 e. The van der Waals surface area contributed by atoms with Gasteiger partial charge in [0.05, 0.1) is 0 Å². The zero-order valence-corrected chi connectivity index (χ0v) is 20.1. The summed E-state index contributed by atoms with van der Waals surface area (Å²) in [5, 5.41) is 3.43. The molecule has 0 radical (unpaired) electrons. The maximum Gasteiger partial charge on any atom is 0.332 e. The number of ketones is 1. The van der Waals surface area contributed by atoms with Gasteiger partial charge < -0.3 is 20.8 Å². The fraction of sp³-hybridized carbons (Fsp3) is 0.375. The summed E-state index contributed by atoms with van der Waals surface area (Å²) in [6.07, 6.45) is 1.86. The van der Waals surface area contributed by atoms with Gasteiger partial charge in [-0.15, -0.1) is 0 Å². The summed E-state index contributed by atoms with van der Waals surface area (Å²) < 4.78 is 7.13. The van der Waals surface area contributed by atoms with Gasteiger partial charge in [-0.3, -0.25) is 23.5 Å². The van der Waals surface area contributed by atoms with E-state index in [1.54, 1.807) is 6.20 Å². The van der Waals surface area contributed by atoms with Crippen LogP contribution < -0.4 is 22.3 Å². The number of nitrogen functional groups attached to an aromatic ring is 1. The van der Waals surface area contributed by atoms with Gasteiger partial charge >= 0.3 is 11.7 Å². The minimum atomic E-state index is -1.06. The number of nitrogens with one attached hydrogen (secondary N) is 2. The molecule has 11 nitrogen and oxygen atoms in total. The number of nitrogens with two attached hydrogens (primary N) is 1. The number of hydrogen-bond donors (Lipinski definition) is 3. The van der Waals surface area contributed by atoms with Crippen LogP contribution >= 0.6 is 0 Å². The van der Waals surface area contributed by atoms with Crippen molar-refractivity contribution in [2.45, 2.75) is 39.8 Å². The number of benzene rings is 1. The molecule has 0 unspecified atom stereocenters. The van der Waals surface area contributed by atoms with Crippen LogP contribution in [0.4, 0.5) is 5.82 Å². The normalized spacial score (nSPS) is 12.0. The molecule has 0 saturated carbocycles. The molecule has 2 heterocycles. The first-order valence-electron chi connectivity index (χ1n) is 11.1. The summed E-state index contributed by atoms with van der Waals surface area (Å²) in [7, 11) is 1.25. The van der Waals surface area contributed by atoms with Crippen molar-refractivity contribution in [2.75, 3.05) is 12.3 Å². The van der Waals surface area contributed by atoms with Crippen LogP contribution in [0.25, 0.3) is 10.9 Å². The van der Waals surface area contributed by atoms with Crippen molar-refractivity contribution in [3.8, 4) is 0 Å². The van der Waals surface area contributed by atoms with E-state index in [2.05, 4.69) is 10.3 Å². The highest BCUT2D eigenvalue weighted by atomic mass is 16.5. The molecule has 0 spiro atoms. The number of carbonyl (C=O) groups is 3. The van der Waals surface area contributed by atoms with Crippen molar-refractivity contribution in [3.05, 3.63) is 62.4 Å². The van der Waals surface area contributed by atoms with E-state index in [0.717, 1.165) is 25.6 Å². The van der Waals surface area contributed by atoms with Gasteiger partial charge in [0.25, 0.3) is 5.56 Å². The number of nitrogens with zero attached hydrogens (tertiary/aromatic N) is 2. The monoisotopic (exact) mass is 483 g/mol. The average molecular weight is 484 g/mol. The highest BCUT2D eigenvalue weighted by molar-refractivity contribution is 6.01. The van der Waals surface area contributed by atoms with Crippen molar-refractivity contribution in [3.63, 3.8) is 0 Å². The average Bonchev–Trinajstić information content (AvgIpc) is 3.21. The quantitative estimate of drug-likeness (QED) is 0.299. The molecule has 1 aromatic carbocycles. The number of aromatic nitrogens is 3. The first kappa shape index (κ1) is 25.5. The van der Waals surface area contributed by atoms with Gasteiger partial charge in [-0.2, -0.15) is 0 Å². The van der Waals surface area contributed by atoms with Gasteiger partial charge in [-0.05, 0) is 17.5 Å². The summed E-state index contributed by atoms with van der Waals surface area (Å²) in [4.78, 5) is 65.5. The Labute approximate surface area is 200 Å². The van der Waals surface area contributed by atoms with E-state index in [9.17, 15) is 24.0 Å². The third-order valence-electron chi connectivity index (χ3n) is 5.52. The van der Waals surface area contributed by atoms with Crippen LogP contribution in [0.3, 0.4) is 0 Å². The van der Waals surface area contributed by atoms with Crippen LogP contribution in [0, 0.1) is 5.92 Å². The zero-order chi connectivity index (χ0) is 25.9. The number of para-hydroxylation sites is 1. The number of anilines is 1. The van der Waals surface area contributed by atoms with Crippen molar-refractivity contribution in [1.82, 2.24) is 19.4 Å². The number of aromatic amines is 1. The van der Waals surface area contributed by atoms with Gasteiger partial charge in [0.2, 0.25) is 11.7 Å². The number of rotatable bonds is 9. The summed E-state index contributed by atoms with van der Waals surface area (Å²) in [6, 6.07) is 6.43. The van der Waals surface area contributed by atoms with Crippen molar-refractivity contribution in [1.29, 1.82) is 0 Å². The highest BCUT2D eigenvalue weighted by Crippen LogP contribution is 2.19. The first-order chi connectivity index (χ1) is 16.5. The molecule has 2 aromatic heterocycles.